The van der Waals surface area contributed by atoms with Crippen molar-refractivity contribution < 1.29 is 9.47 Å². The lowest BCUT2D eigenvalue weighted by atomic mass is 10.2. The lowest BCUT2D eigenvalue weighted by Gasteiger charge is -2.09. The molecular weight excluding hydrogens is 256 g/mol. The predicted molar refractivity (Wildman–Crippen MR) is 63.0 cm³/mol. The van der Waals surface area contributed by atoms with Crippen molar-refractivity contribution in [1.29, 1.82) is 0 Å². The molecule has 2 rings (SSSR count). The van der Waals surface area contributed by atoms with Gasteiger partial charge in [0.25, 0.3) is 0 Å². The van der Waals surface area contributed by atoms with Crippen LogP contribution in [0.25, 0.3) is 0 Å². The van der Waals surface area contributed by atoms with Crippen molar-refractivity contribution in [2.75, 3.05) is 19.8 Å². The Morgan fingerprint density at radius 3 is 2.80 bits per heavy atom. The van der Waals surface area contributed by atoms with E-state index in [1.165, 1.54) is 5.56 Å². The van der Waals surface area contributed by atoms with Crippen LogP contribution in [-0.4, -0.2) is 25.9 Å². The second kappa shape index (κ2) is 5.64. The molecule has 0 amide bonds. The van der Waals surface area contributed by atoms with Crippen LogP contribution in [0.5, 0.6) is 0 Å². The molecule has 0 N–H and O–H groups in total. The Morgan fingerprint density at radius 1 is 1.33 bits per heavy atom. The number of ether oxygens (including phenoxy) is 2. The first-order valence-electron chi connectivity index (χ1n) is 5.28. The van der Waals surface area contributed by atoms with Gasteiger partial charge in [0.2, 0.25) is 0 Å². The molecule has 1 saturated heterocycles. The SMILES string of the molecule is Brc1ccc(CCOC2CCOC2)cc1. The van der Waals surface area contributed by atoms with Crippen LogP contribution in [0.4, 0.5) is 0 Å². The molecule has 0 saturated carbocycles. The Morgan fingerprint density at radius 2 is 2.13 bits per heavy atom. The van der Waals surface area contributed by atoms with Crippen molar-refractivity contribution in [2.24, 2.45) is 0 Å². The number of benzene rings is 1. The largest absolute Gasteiger partial charge is 0.379 e. The van der Waals surface area contributed by atoms with Crippen molar-refractivity contribution >= 4 is 15.9 Å². The molecule has 1 heterocycles. The van der Waals surface area contributed by atoms with Gasteiger partial charge in [-0.05, 0) is 30.5 Å². The Bertz CT molecular complexity index is 291. The molecule has 0 radical (unpaired) electrons. The third kappa shape index (κ3) is 3.59. The first-order chi connectivity index (χ1) is 7.34. The van der Waals surface area contributed by atoms with Crippen LogP contribution in [0.15, 0.2) is 28.7 Å². The van der Waals surface area contributed by atoms with Gasteiger partial charge in [-0.25, -0.2) is 0 Å². The van der Waals surface area contributed by atoms with E-state index in [1.54, 1.807) is 0 Å². The Kier molecular flexibility index (Phi) is 4.18. The molecule has 0 spiro atoms. The molecule has 1 unspecified atom stereocenters. The summed E-state index contributed by atoms with van der Waals surface area (Å²) in [5.41, 5.74) is 1.32. The van der Waals surface area contributed by atoms with E-state index in [0.29, 0.717) is 6.10 Å². The summed E-state index contributed by atoms with van der Waals surface area (Å²) < 4.78 is 12.1. The van der Waals surface area contributed by atoms with Crippen LogP contribution in [0.3, 0.4) is 0 Å². The van der Waals surface area contributed by atoms with Gasteiger partial charge in [-0.3, -0.25) is 0 Å². The zero-order valence-electron chi connectivity index (χ0n) is 8.62. The summed E-state index contributed by atoms with van der Waals surface area (Å²) in [4.78, 5) is 0. The predicted octanol–water partition coefficient (Wildman–Crippen LogP) is 2.80. The lowest BCUT2D eigenvalue weighted by molar-refractivity contribution is 0.0446. The first kappa shape index (κ1) is 11.1. The van der Waals surface area contributed by atoms with Crippen LogP contribution in [0.2, 0.25) is 0 Å². The third-order valence-electron chi connectivity index (χ3n) is 2.55. The maximum atomic E-state index is 5.70. The first-order valence-corrected chi connectivity index (χ1v) is 6.08. The minimum Gasteiger partial charge on any atom is -0.379 e. The van der Waals surface area contributed by atoms with Gasteiger partial charge >= 0.3 is 0 Å². The van der Waals surface area contributed by atoms with E-state index < -0.39 is 0 Å². The topological polar surface area (TPSA) is 18.5 Å². The van der Waals surface area contributed by atoms with Gasteiger partial charge in [0.15, 0.2) is 0 Å². The molecule has 0 aromatic heterocycles. The highest BCUT2D eigenvalue weighted by Gasteiger charge is 2.15. The molecular formula is C12H15BrO2. The molecule has 1 aliphatic heterocycles. The quantitative estimate of drug-likeness (QED) is 0.838. The Balaban J connectivity index is 1.71. The average Bonchev–Trinajstić information content (AvgIpc) is 2.74. The van der Waals surface area contributed by atoms with Crippen LogP contribution < -0.4 is 0 Å². The van der Waals surface area contributed by atoms with Crippen molar-refractivity contribution in [2.45, 2.75) is 18.9 Å². The Hall–Kier alpha value is -0.380. The van der Waals surface area contributed by atoms with Crippen molar-refractivity contribution in [3.63, 3.8) is 0 Å². The van der Waals surface area contributed by atoms with Crippen molar-refractivity contribution in [3.8, 4) is 0 Å². The van der Waals surface area contributed by atoms with E-state index in [1.807, 2.05) is 0 Å². The van der Waals surface area contributed by atoms with Gasteiger partial charge < -0.3 is 9.47 Å². The van der Waals surface area contributed by atoms with E-state index in [0.717, 1.165) is 37.1 Å². The van der Waals surface area contributed by atoms with Gasteiger partial charge in [0.1, 0.15) is 0 Å². The van der Waals surface area contributed by atoms with Gasteiger partial charge in [0.05, 0.1) is 19.3 Å². The van der Waals surface area contributed by atoms with Crippen molar-refractivity contribution in [1.82, 2.24) is 0 Å². The normalized spacial score (nSPS) is 20.7. The van der Waals surface area contributed by atoms with E-state index in [9.17, 15) is 0 Å². The van der Waals surface area contributed by atoms with Crippen LogP contribution in [0, 0.1) is 0 Å². The molecule has 1 aliphatic rings. The fourth-order valence-corrected chi connectivity index (χ4v) is 1.90. The highest BCUT2D eigenvalue weighted by atomic mass is 79.9. The summed E-state index contributed by atoms with van der Waals surface area (Å²) in [5.74, 6) is 0. The molecule has 0 bridgehead atoms. The van der Waals surface area contributed by atoms with Gasteiger partial charge in [-0.2, -0.15) is 0 Å². The average molecular weight is 271 g/mol. The molecule has 2 nitrogen and oxygen atoms in total. The maximum absolute atomic E-state index is 5.70. The van der Waals surface area contributed by atoms with E-state index >= 15 is 0 Å². The highest BCUT2D eigenvalue weighted by Crippen LogP contribution is 2.12. The second-order valence-electron chi connectivity index (χ2n) is 3.73. The Labute approximate surface area is 98.7 Å². The minimum atomic E-state index is 0.320. The standard InChI is InChI=1S/C12H15BrO2/c13-11-3-1-10(2-4-11)5-8-15-12-6-7-14-9-12/h1-4,12H,5-9H2. The van der Waals surface area contributed by atoms with Gasteiger partial charge in [0, 0.05) is 11.1 Å². The van der Waals surface area contributed by atoms with Crippen molar-refractivity contribution in [3.05, 3.63) is 34.3 Å². The molecule has 0 aliphatic carbocycles. The fourth-order valence-electron chi connectivity index (χ4n) is 1.64. The summed E-state index contributed by atoms with van der Waals surface area (Å²) in [6.07, 6.45) is 2.34. The smallest absolute Gasteiger partial charge is 0.0830 e. The molecule has 3 heteroatoms. The van der Waals surface area contributed by atoms with E-state index in [4.69, 9.17) is 9.47 Å². The molecule has 1 fully saturated rings. The summed E-state index contributed by atoms with van der Waals surface area (Å²) >= 11 is 3.42. The zero-order valence-corrected chi connectivity index (χ0v) is 10.2. The molecule has 82 valence electrons. The third-order valence-corrected chi connectivity index (χ3v) is 3.07. The molecule has 15 heavy (non-hydrogen) atoms. The van der Waals surface area contributed by atoms with E-state index in [2.05, 4.69) is 40.2 Å². The lowest BCUT2D eigenvalue weighted by Crippen LogP contribution is -2.14. The minimum absolute atomic E-state index is 0.320. The molecule has 1 atom stereocenters. The molecule has 1 aromatic carbocycles. The van der Waals surface area contributed by atoms with Gasteiger partial charge in [-0.15, -0.1) is 0 Å². The number of hydrogen-bond acceptors (Lipinski definition) is 2. The summed E-state index contributed by atoms with van der Waals surface area (Å²) in [6.45, 7) is 2.40. The molecule has 1 aromatic rings. The fraction of sp³-hybridized carbons (Fsp3) is 0.500. The second-order valence-corrected chi connectivity index (χ2v) is 4.65. The van der Waals surface area contributed by atoms with E-state index in [-0.39, 0.29) is 0 Å². The number of hydrogen-bond donors (Lipinski definition) is 0. The monoisotopic (exact) mass is 270 g/mol. The summed E-state index contributed by atoms with van der Waals surface area (Å²) in [7, 11) is 0. The van der Waals surface area contributed by atoms with Crippen LogP contribution in [-0.2, 0) is 15.9 Å². The zero-order chi connectivity index (χ0) is 10.5. The highest BCUT2D eigenvalue weighted by molar-refractivity contribution is 9.10. The summed E-state index contributed by atoms with van der Waals surface area (Å²) in [6, 6.07) is 8.37. The van der Waals surface area contributed by atoms with Crippen LogP contribution >= 0.6 is 15.9 Å². The maximum Gasteiger partial charge on any atom is 0.0830 e. The van der Waals surface area contributed by atoms with Gasteiger partial charge in [-0.1, -0.05) is 28.1 Å². The summed E-state index contributed by atoms with van der Waals surface area (Å²) in [5, 5.41) is 0. The van der Waals surface area contributed by atoms with Crippen LogP contribution in [0.1, 0.15) is 12.0 Å². The number of rotatable bonds is 4. The number of halogens is 1.